The normalized spacial score (nSPS) is 22.3. The molecule has 1 nitrogen and oxygen atoms in total. The van der Waals surface area contributed by atoms with Crippen molar-refractivity contribution in [3.8, 4) is 0 Å². The van der Waals surface area contributed by atoms with Gasteiger partial charge in [0, 0.05) is 12.6 Å². The number of rotatable bonds is 6. The molecule has 1 rings (SSSR count). The lowest BCUT2D eigenvalue weighted by atomic mass is 9.75. The van der Waals surface area contributed by atoms with Crippen LogP contribution in [0.4, 0.5) is 0 Å². The highest BCUT2D eigenvalue weighted by Gasteiger charge is 2.26. The van der Waals surface area contributed by atoms with Gasteiger partial charge in [-0.2, -0.15) is 0 Å². The third-order valence-electron chi connectivity index (χ3n) is 3.74. The Bertz CT molecular complexity index is 180. The molecule has 0 aromatic heterocycles. The average molecular weight is 209 g/mol. The fourth-order valence-corrected chi connectivity index (χ4v) is 2.47. The molecule has 0 heterocycles. The van der Waals surface area contributed by atoms with E-state index in [4.69, 9.17) is 0 Å². The maximum absolute atomic E-state index is 3.77. The lowest BCUT2D eigenvalue weighted by molar-refractivity contribution is 0.200. The molecule has 1 aliphatic carbocycles. The van der Waals surface area contributed by atoms with E-state index in [1.807, 2.05) is 6.08 Å². The first-order chi connectivity index (χ1) is 7.16. The summed E-state index contributed by atoms with van der Waals surface area (Å²) >= 11 is 0. The van der Waals surface area contributed by atoms with E-state index >= 15 is 0 Å². The van der Waals surface area contributed by atoms with Gasteiger partial charge in [0.05, 0.1) is 0 Å². The van der Waals surface area contributed by atoms with Gasteiger partial charge in [-0.25, -0.2) is 0 Å². The van der Waals surface area contributed by atoms with Gasteiger partial charge in [-0.3, -0.25) is 0 Å². The minimum atomic E-state index is 0.570. The van der Waals surface area contributed by atoms with E-state index in [0.29, 0.717) is 11.5 Å². The highest BCUT2D eigenvalue weighted by molar-refractivity contribution is 4.82. The third kappa shape index (κ3) is 4.83. The number of hydrogen-bond donors (Lipinski definition) is 1. The Morgan fingerprint density at radius 3 is 2.60 bits per heavy atom. The molecule has 1 atom stereocenters. The maximum atomic E-state index is 3.77. The predicted molar refractivity (Wildman–Crippen MR) is 68.1 cm³/mol. The van der Waals surface area contributed by atoms with Crippen molar-refractivity contribution in [3.05, 3.63) is 12.7 Å². The summed E-state index contributed by atoms with van der Waals surface area (Å²) in [4.78, 5) is 0. The molecule has 1 N–H and O–H groups in total. The fourth-order valence-electron chi connectivity index (χ4n) is 2.47. The molecule has 0 radical (unpaired) electrons. The van der Waals surface area contributed by atoms with Crippen LogP contribution in [-0.2, 0) is 0 Å². The lowest BCUT2D eigenvalue weighted by Crippen LogP contribution is -2.38. The van der Waals surface area contributed by atoms with Crippen LogP contribution in [0, 0.1) is 5.41 Å². The van der Waals surface area contributed by atoms with Crippen molar-refractivity contribution < 1.29 is 0 Å². The Labute approximate surface area is 95.3 Å². The SMILES string of the molecule is C=CCCC(C)NCC1(C)CCCCC1. The van der Waals surface area contributed by atoms with E-state index < -0.39 is 0 Å². The predicted octanol–water partition coefficient (Wildman–Crippen LogP) is 3.90. The first-order valence-corrected chi connectivity index (χ1v) is 6.50. The first-order valence-electron chi connectivity index (χ1n) is 6.50. The van der Waals surface area contributed by atoms with Gasteiger partial charge in [-0.05, 0) is 38.0 Å². The van der Waals surface area contributed by atoms with Gasteiger partial charge < -0.3 is 5.32 Å². The van der Waals surface area contributed by atoms with Crippen LogP contribution in [0.2, 0.25) is 0 Å². The van der Waals surface area contributed by atoms with Crippen molar-refractivity contribution in [3.63, 3.8) is 0 Å². The zero-order valence-electron chi connectivity index (χ0n) is 10.5. The summed E-state index contributed by atoms with van der Waals surface area (Å²) in [6.45, 7) is 9.70. The van der Waals surface area contributed by atoms with E-state index in [2.05, 4.69) is 25.7 Å². The van der Waals surface area contributed by atoms with Gasteiger partial charge in [0.15, 0.2) is 0 Å². The van der Waals surface area contributed by atoms with Crippen LogP contribution in [0.25, 0.3) is 0 Å². The van der Waals surface area contributed by atoms with Crippen LogP contribution in [0.15, 0.2) is 12.7 Å². The Morgan fingerprint density at radius 2 is 2.00 bits per heavy atom. The Kier molecular flexibility index (Phi) is 5.38. The highest BCUT2D eigenvalue weighted by atomic mass is 14.9. The Morgan fingerprint density at radius 1 is 1.33 bits per heavy atom. The number of allylic oxidation sites excluding steroid dienone is 1. The monoisotopic (exact) mass is 209 g/mol. The summed E-state index contributed by atoms with van der Waals surface area (Å²) < 4.78 is 0. The molecule has 1 aliphatic rings. The van der Waals surface area contributed by atoms with Gasteiger partial charge in [-0.1, -0.05) is 32.3 Å². The maximum Gasteiger partial charge on any atom is 0.00419 e. The van der Waals surface area contributed by atoms with Crippen molar-refractivity contribution in [1.29, 1.82) is 0 Å². The quantitative estimate of drug-likeness (QED) is 0.654. The topological polar surface area (TPSA) is 12.0 Å². The van der Waals surface area contributed by atoms with Crippen LogP contribution in [0.5, 0.6) is 0 Å². The van der Waals surface area contributed by atoms with E-state index in [1.165, 1.54) is 45.1 Å². The minimum Gasteiger partial charge on any atom is -0.314 e. The summed E-state index contributed by atoms with van der Waals surface area (Å²) in [6.07, 6.45) is 11.5. The molecule has 88 valence electrons. The minimum absolute atomic E-state index is 0.570. The molecule has 0 amide bonds. The highest BCUT2D eigenvalue weighted by Crippen LogP contribution is 2.35. The first kappa shape index (κ1) is 12.8. The smallest absolute Gasteiger partial charge is 0.00419 e. The Balaban J connectivity index is 2.19. The standard InChI is InChI=1S/C14H27N/c1-4-5-9-13(2)15-12-14(3)10-7-6-8-11-14/h4,13,15H,1,5-12H2,2-3H3. The summed E-state index contributed by atoms with van der Waals surface area (Å²) in [5, 5.41) is 3.68. The van der Waals surface area contributed by atoms with Crippen molar-refractivity contribution in [2.24, 2.45) is 5.41 Å². The van der Waals surface area contributed by atoms with E-state index in [0.717, 1.165) is 6.42 Å². The molecular formula is C14H27N. The molecule has 1 fully saturated rings. The van der Waals surface area contributed by atoms with E-state index in [9.17, 15) is 0 Å². The van der Waals surface area contributed by atoms with Crippen molar-refractivity contribution in [2.75, 3.05) is 6.54 Å². The molecule has 0 aromatic carbocycles. The molecule has 1 saturated carbocycles. The largest absolute Gasteiger partial charge is 0.314 e. The van der Waals surface area contributed by atoms with E-state index in [1.54, 1.807) is 0 Å². The summed E-state index contributed by atoms with van der Waals surface area (Å²) in [6, 6.07) is 0.641. The van der Waals surface area contributed by atoms with Gasteiger partial charge in [-0.15, -0.1) is 6.58 Å². The van der Waals surface area contributed by atoms with Gasteiger partial charge >= 0.3 is 0 Å². The van der Waals surface area contributed by atoms with Crippen LogP contribution in [0.3, 0.4) is 0 Å². The molecule has 0 aromatic rings. The second-order valence-corrected chi connectivity index (χ2v) is 5.52. The summed E-state index contributed by atoms with van der Waals surface area (Å²) in [7, 11) is 0. The zero-order valence-corrected chi connectivity index (χ0v) is 10.5. The van der Waals surface area contributed by atoms with Crippen LogP contribution in [0.1, 0.15) is 58.8 Å². The summed E-state index contributed by atoms with van der Waals surface area (Å²) in [5.74, 6) is 0. The Hall–Kier alpha value is -0.300. The second-order valence-electron chi connectivity index (χ2n) is 5.52. The molecule has 0 aliphatic heterocycles. The van der Waals surface area contributed by atoms with Crippen molar-refractivity contribution in [2.45, 2.75) is 64.8 Å². The number of nitrogens with one attached hydrogen (secondary N) is 1. The molecule has 0 saturated heterocycles. The molecule has 1 heteroatoms. The lowest BCUT2D eigenvalue weighted by Gasteiger charge is -2.34. The molecule has 15 heavy (non-hydrogen) atoms. The molecule has 0 spiro atoms. The van der Waals surface area contributed by atoms with Gasteiger partial charge in [0.25, 0.3) is 0 Å². The fraction of sp³-hybridized carbons (Fsp3) is 0.857. The molecule has 0 bridgehead atoms. The number of hydrogen-bond acceptors (Lipinski definition) is 1. The van der Waals surface area contributed by atoms with Gasteiger partial charge in [0.1, 0.15) is 0 Å². The van der Waals surface area contributed by atoms with Crippen LogP contribution in [-0.4, -0.2) is 12.6 Å². The van der Waals surface area contributed by atoms with Crippen molar-refractivity contribution >= 4 is 0 Å². The van der Waals surface area contributed by atoms with Crippen LogP contribution >= 0.6 is 0 Å². The second kappa shape index (κ2) is 6.32. The van der Waals surface area contributed by atoms with Crippen LogP contribution < -0.4 is 5.32 Å². The average Bonchev–Trinajstić information content (AvgIpc) is 2.25. The molecule has 1 unspecified atom stereocenters. The summed E-state index contributed by atoms with van der Waals surface area (Å²) in [5.41, 5.74) is 0.570. The van der Waals surface area contributed by atoms with Crippen molar-refractivity contribution in [1.82, 2.24) is 5.32 Å². The zero-order chi connectivity index (χ0) is 11.1. The van der Waals surface area contributed by atoms with E-state index in [-0.39, 0.29) is 0 Å². The third-order valence-corrected chi connectivity index (χ3v) is 3.74. The van der Waals surface area contributed by atoms with Gasteiger partial charge in [0.2, 0.25) is 0 Å². The molecular weight excluding hydrogens is 182 g/mol.